The first kappa shape index (κ1) is 34.2. The number of sulfonamides is 1. The summed E-state index contributed by atoms with van der Waals surface area (Å²) < 4.78 is 28.8. The Morgan fingerprint density at radius 2 is 1.43 bits per heavy atom. The van der Waals surface area contributed by atoms with Gasteiger partial charge in [0, 0.05) is 49.5 Å². The first-order chi connectivity index (χ1) is 22.8. The maximum Gasteiger partial charge on any atom is 0.262 e. The molecule has 0 bridgehead atoms. The fraction of sp³-hybridized carbons (Fsp3) is 0.529. The molecule has 4 N–H and O–H groups in total. The minimum absolute atomic E-state index is 0.00718. The van der Waals surface area contributed by atoms with Crippen LogP contribution in [0.4, 0.5) is 34.9 Å². The van der Waals surface area contributed by atoms with E-state index in [1.54, 1.807) is 18.2 Å². The predicted octanol–water partition coefficient (Wildman–Crippen LogP) is 6.65. The summed E-state index contributed by atoms with van der Waals surface area (Å²) in [5.74, 6) is 1.26. The Labute approximate surface area is 278 Å². The van der Waals surface area contributed by atoms with Crippen molar-refractivity contribution in [3.05, 3.63) is 42.5 Å². The highest BCUT2D eigenvalue weighted by molar-refractivity contribution is 7.92. The van der Waals surface area contributed by atoms with Crippen LogP contribution in [0.2, 0.25) is 0 Å². The number of piperidine rings is 2. The normalized spacial score (nSPS) is 16.0. The number of benzene rings is 2. The standard InChI is InChI=1S/C34H48N8O4S/c1-3-5-8-13-25(4-2)31(44)35-26-14-17-28(18-15-26)47(45,46)40-29-19-16-27(24-30(29)43)36-32-37-33(41-20-9-6-10-21-41)39-34(38-32)42-22-11-7-12-23-42/h14-19,24-25,40,43H,3-13,20-23H2,1-2H3,(H,35,44)(H,36,37,38,39). The number of hydrogen-bond donors (Lipinski definition) is 4. The van der Waals surface area contributed by atoms with E-state index in [0.717, 1.165) is 84.0 Å². The Morgan fingerprint density at radius 3 is 1.98 bits per heavy atom. The van der Waals surface area contributed by atoms with Gasteiger partial charge < -0.3 is 25.5 Å². The maximum absolute atomic E-state index is 13.2. The second-order valence-corrected chi connectivity index (χ2v) is 14.1. The van der Waals surface area contributed by atoms with Gasteiger partial charge in [0.1, 0.15) is 5.75 Å². The molecular weight excluding hydrogens is 616 g/mol. The molecule has 0 saturated carbocycles. The summed E-state index contributed by atoms with van der Waals surface area (Å²) in [5.41, 5.74) is 1.07. The van der Waals surface area contributed by atoms with Crippen molar-refractivity contribution < 1.29 is 18.3 Å². The molecule has 0 radical (unpaired) electrons. The van der Waals surface area contributed by atoms with E-state index >= 15 is 0 Å². The number of aromatic nitrogens is 3. The zero-order valence-electron chi connectivity index (χ0n) is 27.5. The Morgan fingerprint density at radius 1 is 0.830 bits per heavy atom. The number of amides is 1. The maximum atomic E-state index is 13.2. The monoisotopic (exact) mass is 664 g/mol. The number of nitrogens with one attached hydrogen (secondary N) is 3. The number of hydrogen-bond acceptors (Lipinski definition) is 10. The highest BCUT2D eigenvalue weighted by atomic mass is 32.2. The van der Waals surface area contributed by atoms with Gasteiger partial charge in [-0.15, -0.1) is 0 Å². The first-order valence-corrected chi connectivity index (χ1v) is 18.5. The smallest absolute Gasteiger partial charge is 0.262 e. The number of nitrogens with zero attached hydrogens (tertiary/aromatic N) is 5. The van der Waals surface area contributed by atoms with E-state index in [2.05, 4.69) is 32.1 Å². The summed E-state index contributed by atoms with van der Waals surface area (Å²) in [6.45, 7) is 7.72. The van der Waals surface area contributed by atoms with Crippen LogP contribution in [0.3, 0.4) is 0 Å². The SMILES string of the molecule is CCCCCC(CC)C(=O)Nc1ccc(S(=O)(=O)Nc2ccc(Nc3nc(N4CCCCC4)nc(N4CCCCC4)n3)cc2O)cc1. The van der Waals surface area contributed by atoms with Crippen LogP contribution in [0.25, 0.3) is 0 Å². The number of phenols is 1. The van der Waals surface area contributed by atoms with Gasteiger partial charge in [0.25, 0.3) is 10.0 Å². The van der Waals surface area contributed by atoms with Crippen LogP contribution in [-0.4, -0.2) is 60.6 Å². The highest BCUT2D eigenvalue weighted by Crippen LogP contribution is 2.31. The van der Waals surface area contributed by atoms with Gasteiger partial charge in [0.2, 0.25) is 23.8 Å². The molecule has 1 aromatic heterocycles. The summed E-state index contributed by atoms with van der Waals surface area (Å²) in [6.07, 6.45) is 11.6. The van der Waals surface area contributed by atoms with Crippen LogP contribution < -0.4 is 25.2 Å². The zero-order chi connectivity index (χ0) is 33.2. The molecule has 12 nitrogen and oxygen atoms in total. The molecule has 2 aromatic carbocycles. The molecule has 5 rings (SSSR count). The summed E-state index contributed by atoms with van der Waals surface area (Å²) >= 11 is 0. The number of unbranched alkanes of at least 4 members (excludes halogenated alkanes) is 2. The lowest BCUT2D eigenvalue weighted by molar-refractivity contribution is -0.120. The predicted molar refractivity (Wildman–Crippen MR) is 187 cm³/mol. The molecule has 1 amide bonds. The molecule has 2 saturated heterocycles. The molecule has 47 heavy (non-hydrogen) atoms. The second kappa shape index (κ2) is 16.1. The van der Waals surface area contributed by atoms with Gasteiger partial charge in [-0.3, -0.25) is 9.52 Å². The fourth-order valence-electron chi connectivity index (χ4n) is 6.03. The Balaban J connectivity index is 1.26. The number of phenolic OH excluding ortho intramolecular Hbond substituents is 1. The van der Waals surface area contributed by atoms with Gasteiger partial charge >= 0.3 is 0 Å². The Bertz CT molecular complexity index is 1550. The molecule has 2 aliphatic rings. The lowest BCUT2D eigenvalue weighted by Gasteiger charge is -2.30. The van der Waals surface area contributed by atoms with Gasteiger partial charge in [-0.1, -0.05) is 33.1 Å². The van der Waals surface area contributed by atoms with Crippen molar-refractivity contribution in [2.75, 3.05) is 51.3 Å². The van der Waals surface area contributed by atoms with E-state index in [4.69, 9.17) is 15.0 Å². The van der Waals surface area contributed by atoms with E-state index in [1.165, 1.54) is 37.1 Å². The minimum Gasteiger partial charge on any atom is -0.506 e. The van der Waals surface area contributed by atoms with Crippen molar-refractivity contribution in [3.8, 4) is 5.75 Å². The lowest BCUT2D eigenvalue weighted by Crippen LogP contribution is -2.34. The summed E-state index contributed by atoms with van der Waals surface area (Å²) in [4.78, 5) is 31.3. The minimum atomic E-state index is -4.01. The third-order valence-corrected chi connectivity index (χ3v) is 10.2. The Kier molecular flexibility index (Phi) is 11.7. The van der Waals surface area contributed by atoms with Crippen molar-refractivity contribution in [2.45, 2.75) is 89.4 Å². The number of rotatable bonds is 14. The van der Waals surface area contributed by atoms with Crippen LogP contribution in [0.1, 0.15) is 84.5 Å². The second-order valence-electron chi connectivity index (χ2n) is 12.4. The average molecular weight is 665 g/mol. The highest BCUT2D eigenvalue weighted by Gasteiger charge is 2.22. The third-order valence-electron chi connectivity index (χ3n) is 8.84. The third kappa shape index (κ3) is 9.24. The summed E-state index contributed by atoms with van der Waals surface area (Å²) in [7, 11) is -4.01. The molecule has 1 atom stereocenters. The topological polar surface area (TPSA) is 153 Å². The molecule has 2 aliphatic heterocycles. The number of carbonyl (C=O) groups is 1. The van der Waals surface area contributed by atoms with Crippen molar-refractivity contribution >= 4 is 50.8 Å². The summed E-state index contributed by atoms with van der Waals surface area (Å²) in [5, 5.41) is 16.9. The molecule has 3 aromatic rings. The van der Waals surface area contributed by atoms with Gasteiger partial charge in [-0.25, -0.2) is 8.42 Å². The fourth-order valence-corrected chi connectivity index (χ4v) is 7.11. The summed E-state index contributed by atoms with van der Waals surface area (Å²) in [6, 6.07) is 10.6. The van der Waals surface area contributed by atoms with E-state index in [-0.39, 0.29) is 28.2 Å². The van der Waals surface area contributed by atoms with Crippen molar-refractivity contribution in [1.29, 1.82) is 0 Å². The van der Waals surface area contributed by atoms with Crippen molar-refractivity contribution in [3.63, 3.8) is 0 Å². The van der Waals surface area contributed by atoms with Crippen LogP contribution in [-0.2, 0) is 14.8 Å². The molecular formula is C34H48N8O4S. The molecule has 0 aliphatic carbocycles. The molecule has 254 valence electrons. The van der Waals surface area contributed by atoms with Crippen LogP contribution in [0, 0.1) is 5.92 Å². The molecule has 13 heteroatoms. The Hall–Kier alpha value is -4.13. The zero-order valence-corrected chi connectivity index (χ0v) is 28.4. The van der Waals surface area contributed by atoms with Gasteiger partial charge in [0.05, 0.1) is 10.6 Å². The van der Waals surface area contributed by atoms with Crippen molar-refractivity contribution in [1.82, 2.24) is 15.0 Å². The van der Waals surface area contributed by atoms with E-state index in [0.29, 0.717) is 29.2 Å². The van der Waals surface area contributed by atoms with E-state index < -0.39 is 10.0 Å². The van der Waals surface area contributed by atoms with Crippen LogP contribution >= 0.6 is 0 Å². The van der Waals surface area contributed by atoms with E-state index in [9.17, 15) is 18.3 Å². The van der Waals surface area contributed by atoms with E-state index in [1.807, 2.05) is 6.92 Å². The number of carbonyl (C=O) groups excluding carboxylic acids is 1. The molecule has 0 spiro atoms. The van der Waals surface area contributed by atoms with Crippen LogP contribution in [0.5, 0.6) is 5.75 Å². The van der Waals surface area contributed by atoms with Gasteiger partial charge in [0.15, 0.2) is 0 Å². The van der Waals surface area contributed by atoms with Crippen molar-refractivity contribution in [2.24, 2.45) is 5.92 Å². The average Bonchev–Trinajstić information content (AvgIpc) is 3.09. The number of aromatic hydroxyl groups is 1. The lowest BCUT2D eigenvalue weighted by atomic mass is 9.97. The first-order valence-electron chi connectivity index (χ1n) is 17.1. The quantitative estimate of drug-likeness (QED) is 0.109. The molecule has 2 fully saturated rings. The van der Waals surface area contributed by atoms with Gasteiger partial charge in [-0.05, 0) is 87.8 Å². The number of anilines is 6. The molecule has 1 unspecified atom stereocenters. The van der Waals surface area contributed by atoms with Gasteiger partial charge in [-0.2, -0.15) is 15.0 Å². The molecule has 3 heterocycles. The largest absolute Gasteiger partial charge is 0.506 e. The van der Waals surface area contributed by atoms with Crippen LogP contribution in [0.15, 0.2) is 47.4 Å².